The van der Waals surface area contributed by atoms with E-state index in [4.69, 9.17) is 0 Å². The minimum atomic E-state index is 0.827. The van der Waals surface area contributed by atoms with E-state index < -0.39 is 0 Å². The molecule has 0 bridgehead atoms. The number of hydrogen-bond acceptors (Lipinski definition) is 3. The first-order chi connectivity index (χ1) is 5.92. The summed E-state index contributed by atoms with van der Waals surface area (Å²) < 4.78 is 0. The molecule has 0 saturated carbocycles. The zero-order valence-corrected chi connectivity index (χ0v) is 6.91. The maximum absolute atomic E-state index is 3.99. The van der Waals surface area contributed by atoms with E-state index in [2.05, 4.69) is 27.3 Å². The standard InChI is InChI=1S/C8H10N4/c1-2-3-7-6-4-5-9-8(6)11-12-10-7/h4-5H,2-3H2,1H3,(H,9,10,11). The van der Waals surface area contributed by atoms with Crippen molar-refractivity contribution < 1.29 is 0 Å². The van der Waals surface area contributed by atoms with E-state index in [0.29, 0.717) is 0 Å². The predicted molar refractivity (Wildman–Crippen MR) is 45.7 cm³/mol. The van der Waals surface area contributed by atoms with E-state index in [9.17, 15) is 0 Å². The van der Waals surface area contributed by atoms with Crippen molar-refractivity contribution in [2.45, 2.75) is 19.8 Å². The van der Waals surface area contributed by atoms with Crippen molar-refractivity contribution in [3.63, 3.8) is 0 Å². The molecule has 4 nitrogen and oxygen atoms in total. The van der Waals surface area contributed by atoms with Crippen LogP contribution in [0.25, 0.3) is 11.0 Å². The molecule has 2 aromatic heterocycles. The van der Waals surface area contributed by atoms with Crippen LogP contribution in [0.1, 0.15) is 19.0 Å². The minimum Gasteiger partial charge on any atom is -0.345 e. The Labute approximate surface area is 70.0 Å². The second-order valence-corrected chi connectivity index (χ2v) is 2.73. The molecule has 62 valence electrons. The molecule has 2 aromatic rings. The van der Waals surface area contributed by atoms with Crippen molar-refractivity contribution in [1.82, 2.24) is 20.4 Å². The van der Waals surface area contributed by atoms with E-state index in [1.165, 1.54) is 0 Å². The van der Waals surface area contributed by atoms with Crippen LogP contribution in [0.3, 0.4) is 0 Å². The van der Waals surface area contributed by atoms with Crippen LogP contribution in [0.2, 0.25) is 0 Å². The van der Waals surface area contributed by atoms with Crippen molar-refractivity contribution >= 4 is 11.0 Å². The highest BCUT2D eigenvalue weighted by atomic mass is 15.3. The Balaban J connectivity index is 2.57. The molecule has 2 heterocycles. The summed E-state index contributed by atoms with van der Waals surface area (Å²) in [7, 11) is 0. The zero-order valence-electron chi connectivity index (χ0n) is 6.91. The van der Waals surface area contributed by atoms with Gasteiger partial charge in [-0.1, -0.05) is 13.3 Å². The van der Waals surface area contributed by atoms with Gasteiger partial charge in [0.25, 0.3) is 0 Å². The van der Waals surface area contributed by atoms with Crippen LogP contribution >= 0.6 is 0 Å². The van der Waals surface area contributed by atoms with Gasteiger partial charge in [0.2, 0.25) is 0 Å². The largest absolute Gasteiger partial charge is 0.345 e. The number of H-pyrrole nitrogens is 1. The Morgan fingerprint density at radius 3 is 3.17 bits per heavy atom. The number of aromatic nitrogens is 4. The fourth-order valence-corrected chi connectivity index (χ4v) is 1.27. The van der Waals surface area contributed by atoms with Crippen LogP contribution in [-0.4, -0.2) is 20.4 Å². The third kappa shape index (κ3) is 1.05. The summed E-state index contributed by atoms with van der Waals surface area (Å²) in [5.41, 5.74) is 1.86. The average Bonchev–Trinajstić information content (AvgIpc) is 2.53. The number of aryl methyl sites for hydroxylation is 1. The molecule has 0 atom stereocenters. The SMILES string of the molecule is CCCc1nnnc2[nH]ccc12. The molecule has 0 fully saturated rings. The van der Waals surface area contributed by atoms with Gasteiger partial charge >= 0.3 is 0 Å². The first kappa shape index (κ1) is 7.21. The molecule has 0 aromatic carbocycles. The van der Waals surface area contributed by atoms with E-state index in [1.807, 2.05) is 12.3 Å². The Morgan fingerprint density at radius 2 is 2.33 bits per heavy atom. The molecule has 0 aliphatic rings. The van der Waals surface area contributed by atoms with Gasteiger partial charge in [0, 0.05) is 11.6 Å². The Hall–Kier alpha value is -1.45. The summed E-state index contributed by atoms with van der Waals surface area (Å²) in [5, 5.41) is 12.6. The van der Waals surface area contributed by atoms with E-state index in [0.717, 1.165) is 29.6 Å². The van der Waals surface area contributed by atoms with Gasteiger partial charge in [0.15, 0.2) is 5.65 Å². The first-order valence-corrected chi connectivity index (χ1v) is 4.07. The monoisotopic (exact) mass is 162 g/mol. The lowest BCUT2D eigenvalue weighted by Crippen LogP contribution is -1.95. The van der Waals surface area contributed by atoms with Gasteiger partial charge in [-0.3, -0.25) is 0 Å². The third-order valence-electron chi connectivity index (χ3n) is 1.83. The maximum atomic E-state index is 3.99. The fourth-order valence-electron chi connectivity index (χ4n) is 1.27. The second kappa shape index (κ2) is 2.89. The van der Waals surface area contributed by atoms with E-state index in [1.54, 1.807) is 0 Å². The van der Waals surface area contributed by atoms with Gasteiger partial charge in [0.1, 0.15) is 0 Å². The Kier molecular flexibility index (Phi) is 1.74. The van der Waals surface area contributed by atoms with Crippen LogP contribution < -0.4 is 0 Å². The van der Waals surface area contributed by atoms with Gasteiger partial charge in [-0.2, -0.15) is 0 Å². The lowest BCUT2D eigenvalue weighted by atomic mass is 10.2. The van der Waals surface area contributed by atoms with Crippen LogP contribution in [0.5, 0.6) is 0 Å². The van der Waals surface area contributed by atoms with Crippen LogP contribution in [0, 0.1) is 0 Å². The van der Waals surface area contributed by atoms with Crippen LogP contribution in [0.15, 0.2) is 12.3 Å². The normalized spacial score (nSPS) is 10.8. The summed E-state index contributed by atoms with van der Waals surface area (Å²) in [6, 6.07) is 1.99. The topological polar surface area (TPSA) is 54.5 Å². The summed E-state index contributed by atoms with van der Waals surface area (Å²) in [5.74, 6) is 0. The molecule has 0 aliphatic carbocycles. The van der Waals surface area contributed by atoms with Gasteiger partial charge in [-0.15, -0.1) is 10.2 Å². The zero-order chi connectivity index (χ0) is 8.39. The number of rotatable bonds is 2. The molecule has 0 radical (unpaired) electrons. The number of aromatic amines is 1. The molecular formula is C8H10N4. The predicted octanol–water partition coefficient (Wildman–Crippen LogP) is 1.31. The van der Waals surface area contributed by atoms with Gasteiger partial charge in [-0.25, -0.2) is 0 Å². The van der Waals surface area contributed by atoms with Crippen molar-refractivity contribution in [1.29, 1.82) is 0 Å². The highest BCUT2D eigenvalue weighted by molar-refractivity contribution is 5.77. The Bertz CT molecular complexity index is 379. The maximum Gasteiger partial charge on any atom is 0.163 e. The minimum absolute atomic E-state index is 0.827. The molecule has 4 heteroatoms. The highest BCUT2D eigenvalue weighted by Gasteiger charge is 2.03. The average molecular weight is 162 g/mol. The quantitative estimate of drug-likeness (QED) is 0.724. The molecule has 0 spiro atoms. The fraction of sp³-hybridized carbons (Fsp3) is 0.375. The van der Waals surface area contributed by atoms with Gasteiger partial charge < -0.3 is 4.98 Å². The molecule has 12 heavy (non-hydrogen) atoms. The molecule has 0 amide bonds. The molecule has 0 unspecified atom stereocenters. The third-order valence-corrected chi connectivity index (χ3v) is 1.83. The number of hydrogen-bond donors (Lipinski definition) is 1. The lowest BCUT2D eigenvalue weighted by Gasteiger charge is -1.95. The van der Waals surface area contributed by atoms with Crippen LogP contribution in [0.4, 0.5) is 0 Å². The number of fused-ring (bicyclic) bond motifs is 1. The molecule has 0 aliphatic heterocycles. The summed E-state index contributed by atoms with van der Waals surface area (Å²) in [4.78, 5) is 3.00. The smallest absolute Gasteiger partial charge is 0.163 e. The van der Waals surface area contributed by atoms with Crippen molar-refractivity contribution in [2.24, 2.45) is 0 Å². The van der Waals surface area contributed by atoms with Gasteiger partial charge in [-0.05, 0) is 17.7 Å². The molecule has 1 N–H and O–H groups in total. The molecule has 2 rings (SSSR count). The van der Waals surface area contributed by atoms with E-state index >= 15 is 0 Å². The van der Waals surface area contributed by atoms with Gasteiger partial charge in [0.05, 0.1) is 5.69 Å². The van der Waals surface area contributed by atoms with Crippen LogP contribution in [-0.2, 0) is 6.42 Å². The summed E-state index contributed by atoms with van der Waals surface area (Å²) in [6.45, 7) is 2.13. The first-order valence-electron chi connectivity index (χ1n) is 4.07. The summed E-state index contributed by atoms with van der Waals surface area (Å²) >= 11 is 0. The highest BCUT2D eigenvalue weighted by Crippen LogP contribution is 2.12. The second-order valence-electron chi connectivity index (χ2n) is 2.73. The van der Waals surface area contributed by atoms with Crippen molar-refractivity contribution in [3.05, 3.63) is 18.0 Å². The number of nitrogens with one attached hydrogen (secondary N) is 1. The molecule has 0 saturated heterocycles. The lowest BCUT2D eigenvalue weighted by molar-refractivity contribution is 0.801. The molecular weight excluding hydrogens is 152 g/mol. The van der Waals surface area contributed by atoms with E-state index in [-0.39, 0.29) is 0 Å². The number of nitrogens with zero attached hydrogens (tertiary/aromatic N) is 3. The summed E-state index contributed by atoms with van der Waals surface area (Å²) in [6.07, 6.45) is 3.91. The van der Waals surface area contributed by atoms with Crippen molar-refractivity contribution in [2.75, 3.05) is 0 Å². The van der Waals surface area contributed by atoms with Crippen molar-refractivity contribution in [3.8, 4) is 0 Å². The Morgan fingerprint density at radius 1 is 1.42 bits per heavy atom.